The molecule has 1 aromatic carbocycles. The molecule has 3 nitrogen and oxygen atoms in total. The SMILES string of the molecule is CC(CN1C(O)C12CCCCC2)c1ccc(C=O)cc1. The highest BCUT2D eigenvalue weighted by Gasteiger charge is 2.61. The van der Waals surface area contributed by atoms with Gasteiger partial charge in [0.05, 0.1) is 5.54 Å². The minimum Gasteiger partial charge on any atom is -0.376 e. The third kappa shape index (κ3) is 2.29. The topological polar surface area (TPSA) is 40.3 Å². The zero-order chi connectivity index (χ0) is 14.2. The molecule has 1 N–H and O–H groups in total. The van der Waals surface area contributed by atoms with E-state index in [0.717, 1.165) is 31.2 Å². The Balaban J connectivity index is 1.64. The number of nitrogens with zero attached hydrogens (tertiary/aromatic N) is 1. The Morgan fingerprint density at radius 1 is 1.30 bits per heavy atom. The average molecular weight is 273 g/mol. The number of aliphatic hydroxyl groups excluding tert-OH is 1. The normalized spacial score (nSPS) is 29.1. The number of benzene rings is 1. The van der Waals surface area contributed by atoms with E-state index in [9.17, 15) is 9.90 Å². The Kier molecular flexibility index (Phi) is 3.65. The number of carbonyl (C=O) groups is 1. The largest absolute Gasteiger partial charge is 0.376 e. The summed E-state index contributed by atoms with van der Waals surface area (Å²) in [5.41, 5.74) is 2.05. The summed E-state index contributed by atoms with van der Waals surface area (Å²) in [6.07, 6.45) is 6.73. The van der Waals surface area contributed by atoms with Gasteiger partial charge in [-0.2, -0.15) is 0 Å². The molecule has 2 aliphatic rings. The van der Waals surface area contributed by atoms with E-state index in [0.29, 0.717) is 5.92 Å². The van der Waals surface area contributed by atoms with Crippen LogP contribution in [0.3, 0.4) is 0 Å². The number of hydrogen-bond donors (Lipinski definition) is 1. The number of hydrogen-bond acceptors (Lipinski definition) is 3. The highest BCUT2D eigenvalue weighted by molar-refractivity contribution is 5.74. The second kappa shape index (κ2) is 5.30. The molecule has 1 aliphatic heterocycles. The standard InChI is InChI=1S/C17H23NO2/c1-13(15-7-5-14(12-19)6-8-15)11-18-16(20)17(18)9-3-2-4-10-17/h5-8,12-13,16,20H,2-4,9-11H2,1H3. The Bertz CT molecular complexity index is 476. The lowest BCUT2D eigenvalue weighted by molar-refractivity contribution is 0.112. The van der Waals surface area contributed by atoms with E-state index in [-0.39, 0.29) is 11.8 Å². The van der Waals surface area contributed by atoms with E-state index in [2.05, 4.69) is 11.8 Å². The molecule has 1 saturated heterocycles. The summed E-state index contributed by atoms with van der Waals surface area (Å²) in [5, 5.41) is 10.3. The van der Waals surface area contributed by atoms with Crippen molar-refractivity contribution in [1.82, 2.24) is 4.90 Å². The minimum absolute atomic E-state index is 0.0925. The van der Waals surface area contributed by atoms with Gasteiger partial charge in [0.15, 0.2) is 0 Å². The third-order valence-electron chi connectivity index (χ3n) is 5.11. The van der Waals surface area contributed by atoms with Gasteiger partial charge in [0, 0.05) is 12.1 Å². The van der Waals surface area contributed by atoms with E-state index < -0.39 is 0 Å². The molecule has 3 unspecified atom stereocenters. The quantitative estimate of drug-likeness (QED) is 0.677. The van der Waals surface area contributed by atoms with Crippen molar-refractivity contribution in [3.8, 4) is 0 Å². The zero-order valence-corrected chi connectivity index (χ0v) is 12.1. The van der Waals surface area contributed by atoms with Crippen LogP contribution in [-0.2, 0) is 0 Å². The van der Waals surface area contributed by atoms with Crippen molar-refractivity contribution in [3.63, 3.8) is 0 Å². The average Bonchev–Trinajstić information content (AvgIpc) is 3.02. The minimum atomic E-state index is -0.237. The number of rotatable bonds is 4. The van der Waals surface area contributed by atoms with Gasteiger partial charge in [-0.25, -0.2) is 0 Å². The molecule has 1 heterocycles. The van der Waals surface area contributed by atoms with Gasteiger partial charge >= 0.3 is 0 Å². The van der Waals surface area contributed by atoms with Gasteiger partial charge in [-0.3, -0.25) is 9.69 Å². The summed E-state index contributed by atoms with van der Waals surface area (Å²) in [6.45, 7) is 3.10. The maximum atomic E-state index is 10.7. The Morgan fingerprint density at radius 2 is 1.95 bits per heavy atom. The van der Waals surface area contributed by atoms with Crippen LogP contribution in [-0.4, -0.2) is 34.6 Å². The van der Waals surface area contributed by atoms with Crippen molar-refractivity contribution in [2.24, 2.45) is 0 Å². The summed E-state index contributed by atoms with van der Waals surface area (Å²) in [5.74, 6) is 0.381. The van der Waals surface area contributed by atoms with Crippen molar-refractivity contribution < 1.29 is 9.90 Å². The second-order valence-corrected chi connectivity index (χ2v) is 6.38. The van der Waals surface area contributed by atoms with Crippen LogP contribution in [0, 0.1) is 0 Å². The monoisotopic (exact) mass is 273 g/mol. The van der Waals surface area contributed by atoms with Gasteiger partial charge in [0.2, 0.25) is 0 Å². The van der Waals surface area contributed by atoms with Gasteiger partial charge in [-0.1, -0.05) is 50.5 Å². The molecule has 3 heteroatoms. The lowest BCUT2D eigenvalue weighted by atomic mass is 9.88. The second-order valence-electron chi connectivity index (χ2n) is 6.38. The van der Waals surface area contributed by atoms with Gasteiger partial charge in [0.1, 0.15) is 12.5 Å². The van der Waals surface area contributed by atoms with E-state index in [4.69, 9.17) is 0 Å². The fraction of sp³-hybridized carbons (Fsp3) is 0.588. The van der Waals surface area contributed by atoms with Crippen LogP contribution in [0.25, 0.3) is 0 Å². The zero-order valence-electron chi connectivity index (χ0n) is 12.1. The van der Waals surface area contributed by atoms with E-state index in [1.807, 2.05) is 24.3 Å². The smallest absolute Gasteiger partial charge is 0.150 e. The predicted octanol–water partition coefficient (Wildman–Crippen LogP) is 2.94. The first kappa shape index (κ1) is 13.8. The van der Waals surface area contributed by atoms with Crippen LogP contribution in [0.4, 0.5) is 0 Å². The molecule has 0 bridgehead atoms. The lowest BCUT2D eigenvalue weighted by Crippen LogP contribution is -2.24. The molecule has 0 amide bonds. The molecule has 2 fully saturated rings. The lowest BCUT2D eigenvalue weighted by Gasteiger charge is -2.23. The van der Waals surface area contributed by atoms with Crippen LogP contribution in [0.2, 0.25) is 0 Å². The highest BCUT2D eigenvalue weighted by Crippen LogP contribution is 2.50. The van der Waals surface area contributed by atoms with Gasteiger partial charge < -0.3 is 5.11 Å². The molecule has 1 spiro atoms. The Hall–Kier alpha value is -1.19. The van der Waals surface area contributed by atoms with E-state index in [1.165, 1.54) is 24.8 Å². The van der Waals surface area contributed by atoms with Crippen LogP contribution in [0.5, 0.6) is 0 Å². The van der Waals surface area contributed by atoms with Crippen LogP contribution in [0.15, 0.2) is 24.3 Å². The molecule has 1 aliphatic carbocycles. The first-order valence-electron chi connectivity index (χ1n) is 7.67. The molecular formula is C17H23NO2. The summed E-state index contributed by atoms with van der Waals surface area (Å²) < 4.78 is 0. The van der Waals surface area contributed by atoms with Crippen molar-refractivity contribution in [3.05, 3.63) is 35.4 Å². The fourth-order valence-electron chi connectivity index (χ4n) is 3.71. The molecule has 1 aromatic rings. The first-order valence-corrected chi connectivity index (χ1v) is 7.67. The molecule has 1 saturated carbocycles. The molecule has 3 atom stereocenters. The third-order valence-corrected chi connectivity index (χ3v) is 5.11. The maximum Gasteiger partial charge on any atom is 0.150 e. The van der Waals surface area contributed by atoms with Crippen molar-refractivity contribution in [1.29, 1.82) is 0 Å². The molecule has 108 valence electrons. The summed E-state index contributed by atoms with van der Waals surface area (Å²) in [7, 11) is 0. The van der Waals surface area contributed by atoms with Gasteiger partial charge in [-0.15, -0.1) is 0 Å². The fourth-order valence-corrected chi connectivity index (χ4v) is 3.71. The van der Waals surface area contributed by atoms with Crippen molar-refractivity contribution in [2.75, 3.05) is 6.54 Å². The Morgan fingerprint density at radius 3 is 2.55 bits per heavy atom. The molecular weight excluding hydrogens is 250 g/mol. The van der Waals surface area contributed by atoms with Crippen LogP contribution >= 0.6 is 0 Å². The van der Waals surface area contributed by atoms with Crippen molar-refractivity contribution in [2.45, 2.75) is 56.7 Å². The van der Waals surface area contributed by atoms with Crippen LogP contribution in [0.1, 0.15) is 60.9 Å². The van der Waals surface area contributed by atoms with Crippen molar-refractivity contribution >= 4 is 6.29 Å². The summed E-state index contributed by atoms with van der Waals surface area (Å²) >= 11 is 0. The van der Waals surface area contributed by atoms with E-state index >= 15 is 0 Å². The van der Waals surface area contributed by atoms with Gasteiger partial charge in [-0.05, 0) is 24.3 Å². The van der Waals surface area contributed by atoms with Gasteiger partial charge in [0.25, 0.3) is 0 Å². The highest BCUT2D eigenvalue weighted by atomic mass is 16.3. The van der Waals surface area contributed by atoms with Crippen LogP contribution < -0.4 is 0 Å². The first-order chi connectivity index (χ1) is 9.67. The summed E-state index contributed by atoms with van der Waals surface area (Å²) in [4.78, 5) is 12.9. The summed E-state index contributed by atoms with van der Waals surface area (Å²) in [6, 6.07) is 7.79. The number of aliphatic hydroxyl groups is 1. The molecule has 0 radical (unpaired) electrons. The molecule has 3 rings (SSSR count). The number of carbonyl (C=O) groups excluding carboxylic acids is 1. The predicted molar refractivity (Wildman–Crippen MR) is 78.8 cm³/mol. The molecule has 0 aromatic heterocycles. The molecule has 20 heavy (non-hydrogen) atoms. The maximum absolute atomic E-state index is 10.7. The Labute approximate surface area is 120 Å². The van der Waals surface area contributed by atoms with E-state index in [1.54, 1.807) is 0 Å². The number of aldehydes is 1.